The highest BCUT2D eigenvalue weighted by atomic mass is 79.9. The van der Waals surface area contributed by atoms with Crippen molar-refractivity contribution in [3.8, 4) is 11.5 Å². The molecular weight excluding hydrogens is 424 g/mol. The third-order valence-electron chi connectivity index (χ3n) is 3.84. The van der Waals surface area contributed by atoms with E-state index in [0.29, 0.717) is 24.1 Å². The summed E-state index contributed by atoms with van der Waals surface area (Å²) in [6.45, 7) is 4.48. The Labute approximate surface area is 173 Å². The lowest BCUT2D eigenvalue weighted by Crippen LogP contribution is -2.37. The van der Waals surface area contributed by atoms with E-state index in [1.165, 1.54) is 0 Å². The molecule has 0 aliphatic heterocycles. The van der Waals surface area contributed by atoms with E-state index in [4.69, 9.17) is 9.47 Å². The number of carbonyl (C=O) groups is 1. The van der Waals surface area contributed by atoms with Gasteiger partial charge in [-0.1, -0.05) is 22.0 Å². The molecule has 150 valence electrons. The second-order valence-electron chi connectivity index (χ2n) is 5.86. The van der Waals surface area contributed by atoms with E-state index in [0.717, 1.165) is 21.4 Å². The molecular formula is C20H25BrN4O3. The number of carbonyl (C=O) groups excluding carboxylic acids is 1. The Morgan fingerprint density at radius 2 is 1.93 bits per heavy atom. The number of anilines is 2. The predicted octanol–water partition coefficient (Wildman–Crippen LogP) is 3.79. The van der Waals surface area contributed by atoms with Gasteiger partial charge in [0.15, 0.2) is 17.5 Å². The molecule has 0 spiro atoms. The van der Waals surface area contributed by atoms with Crippen LogP contribution in [0.2, 0.25) is 0 Å². The SMILES string of the molecule is CCOc1ccc(NC(=NC)NCC(=O)Nc2cc(Br)ccc2C)cc1OC. The van der Waals surface area contributed by atoms with E-state index in [1.54, 1.807) is 14.2 Å². The quantitative estimate of drug-likeness (QED) is 0.443. The number of aryl methyl sites for hydroxylation is 1. The normalized spacial score (nSPS) is 11.0. The third-order valence-corrected chi connectivity index (χ3v) is 4.33. The fourth-order valence-electron chi connectivity index (χ4n) is 2.42. The van der Waals surface area contributed by atoms with Crippen LogP contribution in [0.3, 0.4) is 0 Å². The Balaban J connectivity index is 1.95. The maximum Gasteiger partial charge on any atom is 0.243 e. The summed E-state index contributed by atoms with van der Waals surface area (Å²) in [6, 6.07) is 11.2. The number of hydrogen-bond acceptors (Lipinski definition) is 4. The summed E-state index contributed by atoms with van der Waals surface area (Å²) in [5.74, 6) is 1.58. The molecule has 0 atom stereocenters. The van der Waals surface area contributed by atoms with E-state index < -0.39 is 0 Å². The van der Waals surface area contributed by atoms with E-state index >= 15 is 0 Å². The zero-order valence-corrected chi connectivity index (χ0v) is 18.0. The molecule has 0 aliphatic rings. The van der Waals surface area contributed by atoms with Crippen LogP contribution in [0.25, 0.3) is 0 Å². The molecule has 2 aromatic rings. The number of nitrogens with one attached hydrogen (secondary N) is 3. The maximum absolute atomic E-state index is 12.3. The first-order valence-electron chi connectivity index (χ1n) is 8.81. The maximum atomic E-state index is 12.3. The molecule has 0 radical (unpaired) electrons. The van der Waals surface area contributed by atoms with Crippen molar-refractivity contribution in [3.63, 3.8) is 0 Å². The first kappa shape index (κ1) is 21.6. The first-order chi connectivity index (χ1) is 13.5. The van der Waals surface area contributed by atoms with Crippen LogP contribution in [0.15, 0.2) is 45.9 Å². The Morgan fingerprint density at radius 1 is 1.14 bits per heavy atom. The molecule has 0 aromatic heterocycles. The molecule has 28 heavy (non-hydrogen) atoms. The Bertz CT molecular complexity index is 855. The van der Waals surface area contributed by atoms with Crippen LogP contribution in [-0.2, 0) is 4.79 Å². The van der Waals surface area contributed by atoms with Crippen molar-refractivity contribution < 1.29 is 14.3 Å². The van der Waals surface area contributed by atoms with Crippen LogP contribution in [-0.4, -0.2) is 39.2 Å². The van der Waals surface area contributed by atoms with Crippen molar-refractivity contribution in [1.29, 1.82) is 0 Å². The molecule has 3 N–H and O–H groups in total. The van der Waals surface area contributed by atoms with Crippen LogP contribution in [0.5, 0.6) is 11.5 Å². The largest absolute Gasteiger partial charge is 0.493 e. The summed E-state index contributed by atoms with van der Waals surface area (Å²) in [7, 11) is 3.22. The summed E-state index contributed by atoms with van der Waals surface area (Å²) in [5.41, 5.74) is 2.51. The summed E-state index contributed by atoms with van der Waals surface area (Å²) in [4.78, 5) is 16.4. The van der Waals surface area contributed by atoms with Gasteiger partial charge < -0.3 is 25.4 Å². The fourth-order valence-corrected chi connectivity index (χ4v) is 2.78. The first-order valence-corrected chi connectivity index (χ1v) is 9.60. The zero-order chi connectivity index (χ0) is 20.5. The molecule has 2 aromatic carbocycles. The summed E-state index contributed by atoms with van der Waals surface area (Å²) >= 11 is 3.41. The van der Waals surface area contributed by atoms with Gasteiger partial charge in [0.25, 0.3) is 0 Å². The lowest BCUT2D eigenvalue weighted by Gasteiger charge is -2.15. The number of halogens is 1. The number of rotatable bonds is 7. The Hall–Kier alpha value is -2.74. The van der Waals surface area contributed by atoms with Crippen LogP contribution in [0.4, 0.5) is 11.4 Å². The smallest absolute Gasteiger partial charge is 0.243 e. The van der Waals surface area contributed by atoms with Gasteiger partial charge in [-0.15, -0.1) is 0 Å². The standard InChI is InChI=1S/C20H25BrN4O3/c1-5-28-17-9-8-15(11-18(17)27-4)24-20(22-3)23-12-19(26)25-16-10-14(21)7-6-13(16)2/h6-11H,5,12H2,1-4H3,(H,25,26)(H2,22,23,24). The number of ether oxygens (including phenoxy) is 2. The molecule has 0 heterocycles. The molecule has 1 amide bonds. The molecule has 0 aliphatic carbocycles. The summed E-state index contributed by atoms with van der Waals surface area (Å²) in [6.07, 6.45) is 0. The van der Waals surface area contributed by atoms with Crippen molar-refractivity contribution in [2.24, 2.45) is 4.99 Å². The second kappa shape index (κ2) is 10.6. The van der Waals surface area contributed by atoms with E-state index in [9.17, 15) is 4.79 Å². The van der Waals surface area contributed by atoms with E-state index in [2.05, 4.69) is 36.9 Å². The van der Waals surface area contributed by atoms with Crippen LogP contribution >= 0.6 is 15.9 Å². The number of hydrogen-bond donors (Lipinski definition) is 3. The highest BCUT2D eigenvalue weighted by molar-refractivity contribution is 9.10. The van der Waals surface area contributed by atoms with E-state index in [1.807, 2.05) is 50.2 Å². The third kappa shape index (κ3) is 6.16. The molecule has 8 heteroatoms. The molecule has 0 saturated heterocycles. The minimum atomic E-state index is -0.173. The number of nitrogens with zero attached hydrogens (tertiary/aromatic N) is 1. The molecule has 0 bridgehead atoms. The lowest BCUT2D eigenvalue weighted by molar-refractivity contribution is -0.115. The average molecular weight is 449 g/mol. The van der Waals surface area contributed by atoms with Gasteiger partial charge in [0, 0.05) is 29.0 Å². The summed E-state index contributed by atoms with van der Waals surface area (Å²) < 4.78 is 11.8. The monoisotopic (exact) mass is 448 g/mol. The van der Waals surface area contributed by atoms with Crippen molar-refractivity contribution >= 4 is 39.2 Å². The van der Waals surface area contributed by atoms with Crippen LogP contribution < -0.4 is 25.4 Å². The molecule has 7 nitrogen and oxygen atoms in total. The fraction of sp³-hybridized carbons (Fsp3) is 0.300. The number of guanidine groups is 1. The number of aliphatic imine (C=N–C) groups is 1. The molecule has 0 unspecified atom stereocenters. The van der Waals surface area contributed by atoms with Gasteiger partial charge in [-0.2, -0.15) is 0 Å². The van der Waals surface area contributed by atoms with E-state index in [-0.39, 0.29) is 12.5 Å². The van der Waals surface area contributed by atoms with Gasteiger partial charge in [-0.3, -0.25) is 9.79 Å². The van der Waals surface area contributed by atoms with Gasteiger partial charge in [0.05, 0.1) is 20.3 Å². The topological polar surface area (TPSA) is 84.0 Å². The van der Waals surface area contributed by atoms with Gasteiger partial charge in [0.1, 0.15) is 0 Å². The Morgan fingerprint density at radius 3 is 2.61 bits per heavy atom. The van der Waals surface area contributed by atoms with Crippen molar-refractivity contribution in [2.45, 2.75) is 13.8 Å². The van der Waals surface area contributed by atoms with Gasteiger partial charge in [-0.05, 0) is 43.7 Å². The molecule has 2 rings (SSSR count). The van der Waals surface area contributed by atoms with Gasteiger partial charge in [0.2, 0.25) is 5.91 Å². The van der Waals surface area contributed by atoms with Crippen molar-refractivity contribution in [3.05, 3.63) is 46.4 Å². The van der Waals surface area contributed by atoms with Crippen LogP contribution in [0, 0.1) is 6.92 Å². The van der Waals surface area contributed by atoms with Gasteiger partial charge >= 0.3 is 0 Å². The highest BCUT2D eigenvalue weighted by Crippen LogP contribution is 2.30. The Kier molecular flexibility index (Phi) is 8.13. The molecule has 0 fully saturated rings. The number of amides is 1. The number of benzene rings is 2. The second-order valence-corrected chi connectivity index (χ2v) is 6.77. The predicted molar refractivity (Wildman–Crippen MR) is 117 cm³/mol. The van der Waals surface area contributed by atoms with Gasteiger partial charge in [-0.25, -0.2) is 0 Å². The molecule has 0 saturated carbocycles. The minimum absolute atomic E-state index is 0.0692. The number of methoxy groups -OCH3 is 1. The summed E-state index contributed by atoms with van der Waals surface area (Å²) in [5, 5.41) is 9.00. The zero-order valence-electron chi connectivity index (χ0n) is 16.4. The lowest BCUT2D eigenvalue weighted by atomic mass is 10.2. The average Bonchev–Trinajstić information content (AvgIpc) is 2.69. The van der Waals surface area contributed by atoms with Crippen LogP contribution in [0.1, 0.15) is 12.5 Å². The van der Waals surface area contributed by atoms with Crippen molar-refractivity contribution in [1.82, 2.24) is 5.32 Å². The highest BCUT2D eigenvalue weighted by Gasteiger charge is 2.09. The minimum Gasteiger partial charge on any atom is -0.493 e. The van der Waals surface area contributed by atoms with Crippen molar-refractivity contribution in [2.75, 3.05) is 37.9 Å².